The second-order valence-electron chi connectivity index (χ2n) is 11.8. The Morgan fingerprint density at radius 1 is 0.438 bits per heavy atom. The fourth-order valence-corrected chi connectivity index (χ4v) is 12.4. The summed E-state index contributed by atoms with van der Waals surface area (Å²) in [5.74, 6) is 0. The van der Waals surface area contributed by atoms with Crippen LogP contribution in [-0.4, -0.2) is 12.6 Å². The molecule has 0 atom stereocenters. The summed E-state index contributed by atoms with van der Waals surface area (Å²) < 4.78 is 2.24. The van der Waals surface area contributed by atoms with Gasteiger partial charge in [-0.2, -0.15) is 0 Å². The van der Waals surface area contributed by atoms with Crippen molar-refractivity contribution in [2.45, 2.75) is 0 Å². The number of nitrogens with zero attached hydrogens (tertiary/aromatic N) is 3. The lowest BCUT2D eigenvalue weighted by molar-refractivity contribution is 1.18. The van der Waals surface area contributed by atoms with Crippen LogP contribution in [0.4, 0.5) is 11.4 Å². The van der Waals surface area contributed by atoms with Crippen molar-refractivity contribution in [2.75, 3.05) is 0 Å². The average molecular weight is 628 g/mol. The Morgan fingerprint density at radius 3 is 1.42 bits per heavy atom. The van der Waals surface area contributed by atoms with Gasteiger partial charge in [-0.15, -0.1) is 0 Å². The number of benzene rings is 7. The molecule has 0 bridgehead atoms. The SMILES string of the molecule is [C-]#[N+]c1cc(-n2c3ccccc3c3ccccc32)ccc1-c1c([N+]#[C-])cccc1[Si](c1ccccc1)(c1ccccc1)c1ccccc1. The minimum atomic E-state index is -3.00. The molecule has 0 spiro atoms. The van der Waals surface area contributed by atoms with E-state index in [0.717, 1.165) is 33.0 Å². The molecule has 8 aromatic rings. The smallest absolute Gasteiger partial charge is 0.195 e. The Balaban J connectivity index is 1.45. The molecule has 7 aromatic carbocycles. The van der Waals surface area contributed by atoms with Crippen LogP contribution in [0.2, 0.25) is 0 Å². The molecule has 0 aliphatic carbocycles. The number of hydrogen-bond donors (Lipinski definition) is 0. The van der Waals surface area contributed by atoms with Gasteiger partial charge in [-0.25, -0.2) is 9.69 Å². The lowest BCUT2D eigenvalue weighted by Crippen LogP contribution is -2.75. The van der Waals surface area contributed by atoms with Crippen molar-refractivity contribution < 1.29 is 0 Å². The van der Waals surface area contributed by atoms with Crippen molar-refractivity contribution in [1.29, 1.82) is 0 Å². The zero-order chi connectivity index (χ0) is 32.5. The monoisotopic (exact) mass is 627 g/mol. The summed E-state index contributed by atoms with van der Waals surface area (Å²) in [7, 11) is -3.00. The quantitative estimate of drug-likeness (QED) is 0.0993. The number of para-hydroxylation sites is 2. The molecule has 0 N–H and O–H groups in total. The molecule has 0 saturated carbocycles. The summed E-state index contributed by atoms with van der Waals surface area (Å²) in [6, 6.07) is 61.2. The Labute approximate surface area is 281 Å². The van der Waals surface area contributed by atoms with Gasteiger partial charge in [-0.3, -0.25) is 0 Å². The van der Waals surface area contributed by atoms with Crippen molar-refractivity contribution in [3.8, 4) is 16.8 Å². The maximum atomic E-state index is 8.48. The van der Waals surface area contributed by atoms with E-state index in [1.54, 1.807) is 0 Å². The highest BCUT2D eigenvalue weighted by atomic mass is 28.3. The largest absolute Gasteiger partial charge is 0.311 e. The minimum absolute atomic E-state index is 0.517. The van der Waals surface area contributed by atoms with Gasteiger partial charge in [0.25, 0.3) is 0 Å². The molecule has 3 nitrogen and oxygen atoms in total. The first kappa shape index (κ1) is 29.0. The van der Waals surface area contributed by atoms with Crippen LogP contribution in [0.25, 0.3) is 48.3 Å². The number of hydrogen-bond acceptors (Lipinski definition) is 0. The van der Waals surface area contributed by atoms with E-state index in [2.05, 4.69) is 172 Å². The van der Waals surface area contributed by atoms with Crippen molar-refractivity contribution in [2.24, 2.45) is 0 Å². The summed E-state index contributed by atoms with van der Waals surface area (Å²) in [4.78, 5) is 8.24. The number of fused-ring (bicyclic) bond motifs is 3. The predicted molar refractivity (Wildman–Crippen MR) is 202 cm³/mol. The molecule has 0 aliphatic rings. The zero-order valence-corrected chi connectivity index (χ0v) is 27.1. The fourth-order valence-electron chi connectivity index (χ4n) is 7.42. The fraction of sp³-hybridized carbons (Fsp3) is 0. The van der Waals surface area contributed by atoms with E-state index in [1.165, 1.54) is 26.3 Å². The lowest BCUT2D eigenvalue weighted by atomic mass is 10.0. The van der Waals surface area contributed by atoms with Crippen LogP contribution in [0.3, 0.4) is 0 Å². The molecular formula is C44H29N3Si. The molecule has 1 aromatic heterocycles. The van der Waals surface area contributed by atoms with Crippen LogP contribution in [0.5, 0.6) is 0 Å². The highest BCUT2D eigenvalue weighted by Crippen LogP contribution is 2.40. The highest BCUT2D eigenvalue weighted by Gasteiger charge is 2.43. The van der Waals surface area contributed by atoms with E-state index in [4.69, 9.17) is 13.1 Å². The summed E-state index contributed by atoms with van der Waals surface area (Å²) in [5, 5.41) is 7.10. The summed E-state index contributed by atoms with van der Waals surface area (Å²) >= 11 is 0. The van der Waals surface area contributed by atoms with E-state index in [9.17, 15) is 0 Å². The van der Waals surface area contributed by atoms with Crippen molar-refractivity contribution in [1.82, 2.24) is 4.57 Å². The topological polar surface area (TPSA) is 13.6 Å². The minimum Gasteiger partial charge on any atom is -0.311 e. The van der Waals surface area contributed by atoms with Crippen LogP contribution in [0.15, 0.2) is 176 Å². The molecule has 0 amide bonds. The second kappa shape index (κ2) is 12.0. The molecule has 8 rings (SSSR count). The standard InChI is InChI=1S/C44H29N3Si/c1-45-39-25-16-28-43(48(33-17-6-3-7-18-33,34-19-8-4-9-20-34)35-21-10-5-11-22-35)44(39)38-30-29-32(31-40(38)46-2)47-41-26-14-12-23-36(41)37-24-13-15-27-42(37)47/h3-31H. The van der Waals surface area contributed by atoms with Gasteiger partial charge >= 0.3 is 0 Å². The van der Waals surface area contributed by atoms with E-state index in [-0.39, 0.29) is 0 Å². The lowest BCUT2D eigenvalue weighted by Gasteiger charge is -2.36. The average Bonchev–Trinajstić information content (AvgIpc) is 3.50. The summed E-state index contributed by atoms with van der Waals surface area (Å²) in [6.07, 6.45) is 0. The maximum Gasteiger partial charge on any atom is 0.195 e. The Morgan fingerprint density at radius 2 is 0.917 bits per heavy atom. The van der Waals surface area contributed by atoms with Gasteiger partial charge in [0.1, 0.15) is 0 Å². The normalized spacial score (nSPS) is 11.3. The van der Waals surface area contributed by atoms with E-state index >= 15 is 0 Å². The van der Waals surface area contributed by atoms with Crippen molar-refractivity contribution >= 4 is 62.0 Å². The predicted octanol–water partition coefficient (Wildman–Crippen LogP) is 8.93. The molecule has 4 heteroatoms. The van der Waals surface area contributed by atoms with E-state index in [1.807, 2.05) is 18.2 Å². The van der Waals surface area contributed by atoms with Gasteiger partial charge < -0.3 is 4.57 Å². The molecule has 0 aliphatic heterocycles. The maximum absolute atomic E-state index is 8.48. The molecule has 1 heterocycles. The molecule has 0 fully saturated rings. The highest BCUT2D eigenvalue weighted by molar-refractivity contribution is 7.20. The van der Waals surface area contributed by atoms with Gasteiger partial charge in [-0.05, 0) is 56.1 Å². The first-order chi connectivity index (χ1) is 23.8. The Kier molecular flexibility index (Phi) is 7.27. The summed E-state index contributed by atoms with van der Waals surface area (Å²) in [6.45, 7) is 16.8. The number of rotatable bonds is 6. The summed E-state index contributed by atoms with van der Waals surface area (Å²) in [5.41, 5.74) is 5.76. The second-order valence-corrected chi connectivity index (χ2v) is 15.6. The van der Waals surface area contributed by atoms with Gasteiger partial charge in [0, 0.05) is 16.5 Å². The zero-order valence-electron chi connectivity index (χ0n) is 26.1. The van der Waals surface area contributed by atoms with Gasteiger partial charge in [0.2, 0.25) is 0 Å². The third kappa shape index (κ3) is 4.48. The van der Waals surface area contributed by atoms with Gasteiger partial charge in [-0.1, -0.05) is 152 Å². The van der Waals surface area contributed by atoms with Crippen molar-refractivity contribution in [3.05, 3.63) is 199 Å². The molecule has 48 heavy (non-hydrogen) atoms. The molecule has 0 unspecified atom stereocenters. The third-order valence-electron chi connectivity index (χ3n) is 9.40. The Bertz CT molecular complexity index is 2370. The van der Waals surface area contributed by atoms with Crippen molar-refractivity contribution in [3.63, 3.8) is 0 Å². The molecule has 0 saturated heterocycles. The van der Waals surface area contributed by atoms with Crippen LogP contribution < -0.4 is 20.7 Å². The van der Waals surface area contributed by atoms with Gasteiger partial charge in [0.05, 0.1) is 24.2 Å². The van der Waals surface area contributed by atoms with Crippen LogP contribution in [-0.2, 0) is 0 Å². The van der Waals surface area contributed by atoms with Crippen LogP contribution >= 0.6 is 0 Å². The van der Waals surface area contributed by atoms with E-state index in [0.29, 0.717) is 11.4 Å². The van der Waals surface area contributed by atoms with E-state index < -0.39 is 8.07 Å². The van der Waals surface area contributed by atoms with Gasteiger partial charge in [0.15, 0.2) is 19.4 Å². The third-order valence-corrected chi connectivity index (χ3v) is 14.2. The number of aromatic nitrogens is 1. The first-order valence-corrected chi connectivity index (χ1v) is 17.9. The first-order valence-electron chi connectivity index (χ1n) is 15.9. The van der Waals surface area contributed by atoms with Crippen LogP contribution in [0, 0.1) is 13.1 Å². The molecule has 0 radical (unpaired) electrons. The van der Waals surface area contributed by atoms with Crippen LogP contribution in [0.1, 0.15) is 0 Å². The molecular weight excluding hydrogens is 599 g/mol. The molecule has 224 valence electrons. The Hall–Kier alpha value is -6.46.